The molecule has 31 nitrogen and oxygen atoms in total. The van der Waals surface area contributed by atoms with Crippen molar-refractivity contribution in [1.82, 2.24) is 49.5 Å². The van der Waals surface area contributed by atoms with Gasteiger partial charge in [-0.2, -0.15) is 21.0 Å². The van der Waals surface area contributed by atoms with Gasteiger partial charge in [-0.05, 0) is 183 Å². The van der Waals surface area contributed by atoms with Crippen molar-refractivity contribution in [3.63, 3.8) is 0 Å². The van der Waals surface area contributed by atoms with Gasteiger partial charge < -0.3 is 47.3 Å². The molecule has 646 valence electrons. The predicted molar refractivity (Wildman–Crippen MR) is 493 cm³/mol. The van der Waals surface area contributed by atoms with Gasteiger partial charge >= 0.3 is 0 Å². The summed E-state index contributed by atoms with van der Waals surface area (Å²) in [6.07, 6.45) is 12.9. The van der Waals surface area contributed by atoms with Crippen LogP contribution in [-0.4, -0.2) is 185 Å². The van der Waals surface area contributed by atoms with E-state index in [-0.39, 0.29) is 59.3 Å². The van der Waals surface area contributed by atoms with E-state index in [4.69, 9.17) is 47.6 Å². The highest BCUT2D eigenvalue weighted by Gasteiger charge is 2.61. The highest BCUT2D eigenvalue weighted by molar-refractivity contribution is 7.11. The number of anilines is 4. The second-order valence-electron chi connectivity index (χ2n) is 32.5. The van der Waals surface area contributed by atoms with Crippen LogP contribution in [0.1, 0.15) is 52.9 Å². The number of nitrogens with two attached hydrogens (primary N) is 4. The number of nitrogens with zero attached hydrogens (tertiary/aromatic N) is 22. The second kappa shape index (κ2) is 34.6. The minimum absolute atomic E-state index is 0.0333. The van der Waals surface area contributed by atoms with Crippen LogP contribution in [0.4, 0.5) is 27.7 Å². The van der Waals surface area contributed by atoms with Crippen LogP contribution >= 0.6 is 45.3 Å². The third kappa shape index (κ3) is 15.8. The van der Waals surface area contributed by atoms with E-state index in [0.717, 1.165) is 93.0 Å². The van der Waals surface area contributed by atoms with Crippen molar-refractivity contribution in [3.8, 4) is 74.5 Å². The standard InChI is InChI=1S/2C24H22N6OS.C23H21N7O2S.C22H18FN7OS/c1-15-6-7-21(27-11-15)30-12-19-22(31)29(2)23(26)28-24(19,14-30)20-9-18(13-32-20)17-5-3-4-16(8-17)10-25;1-15-6-7-27-21(8-15)30-12-19-22(31)29(2)23(26)28-24(19,14-30)20-10-18(13-32-20)17-5-3-4-16(9-17)11-25;1-29-21(31)17-11-30(20-18(32-2)4-3-5-27-20)13-23(17,28-22(29)25)19-7-16(12-33-19)15-6-14(8-24)9-26-10-15;1-29-20(31)17-10-30(19-3-2-16(23)9-27-19)12-22(17,28-21(29)25)18-5-15(11-32-18)14-4-13(6-24)7-26-8-14/h3-9,11,13,19H,12,14H2,1-2H3,(H2,26,28);3-10,13,19H,12,14H2,1-2H3,(H2,26,28);3-7,9-10,12,17H,11,13H2,1-2H3,(H2,25,28);2-5,7-9,11,17H,10,12H2,1H3,(H2,25,28)/t2*19?,24-;17?,23-;17?,22-/m0000/s1. The van der Waals surface area contributed by atoms with Crippen LogP contribution in [0.25, 0.3) is 44.5 Å². The zero-order chi connectivity index (χ0) is 90.5. The van der Waals surface area contributed by atoms with E-state index in [1.807, 2.05) is 126 Å². The summed E-state index contributed by atoms with van der Waals surface area (Å²) in [5.41, 5.74) is 33.2. The molecule has 0 radical (unpaired) electrons. The molecular formula is C93H83FN26O5S4. The third-order valence-electron chi connectivity index (χ3n) is 24.7. The number of carbonyl (C=O) groups excluding carboxylic acids is 4. The highest BCUT2D eigenvalue weighted by atomic mass is 32.1. The molecule has 0 aliphatic carbocycles. The van der Waals surface area contributed by atoms with Crippen molar-refractivity contribution < 1.29 is 28.3 Å². The van der Waals surface area contributed by atoms with Crippen molar-refractivity contribution in [2.75, 3.05) is 107 Å². The van der Waals surface area contributed by atoms with E-state index in [2.05, 4.69) is 86.9 Å². The number of aliphatic imine (C=N–C) groups is 4. The minimum Gasteiger partial charge on any atom is -0.493 e. The number of rotatable bonds is 13. The fraction of sp³-hybridized carbons (Fsp3) is 0.247. The number of ether oxygens (including phenoxy) is 1. The number of aryl methyl sites for hydroxylation is 2. The normalized spacial score (nSPS) is 22.4. The summed E-state index contributed by atoms with van der Waals surface area (Å²) < 4.78 is 18.9. The number of halogens is 1. The predicted octanol–water partition coefficient (Wildman–Crippen LogP) is 10.8. The Morgan fingerprint density at radius 1 is 0.388 bits per heavy atom. The van der Waals surface area contributed by atoms with Crippen LogP contribution in [0.5, 0.6) is 5.75 Å². The van der Waals surface area contributed by atoms with E-state index in [0.29, 0.717) is 92.0 Å². The Kier molecular flexibility index (Phi) is 23.1. The lowest BCUT2D eigenvalue weighted by molar-refractivity contribution is -0.133. The summed E-state index contributed by atoms with van der Waals surface area (Å²) in [7, 11) is 8.21. The maximum absolute atomic E-state index is 13.4. The first-order valence-electron chi connectivity index (χ1n) is 40.8. The average molecular weight is 1790 g/mol. The van der Waals surface area contributed by atoms with Crippen LogP contribution in [0.15, 0.2) is 225 Å². The molecule has 4 amide bonds. The van der Waals surface area contributed by atoms with Crippen LogP contribution in [0, 0.1) is 88.7 Å². The summed E-state index contributed by atoms with van der Waals surface area (Å²) >= 11 is 6.15. The average Bonchev–Trinajstić information content (AvgIpc) is 1.59. The monoisotopic (exact) mass is 1790 g/mol. The molecule has 0 bridgehead atoms. The maximum atomic E-state index is 13.4. The first kappa shape index (κ1) is 85.9. The van der Waals surface area contributed by atoms with Gasteiger partial charge in [-0.3, -0.25) is 48.7 Å². The molecule has 4 unspecified atom stereocenters. The van der Waals surface area contributed by atoms with E-state index in [1.165, 1.54) is 60.7 Å². The number of hydrogen-bond donors (Lipinski definition) is 4. The zero-order valence-electron chi connectivity index (χ0n) is 70.8. The van der Waals surface area contributed by atoms with Gasteiger partial charge in [0.2, 0.25) is 23.6 Å². The minimum atomic E-state index is -0.882. The molecule has 129 heavy (non-hydrogen) atoms. The topological polar surface area (TPSA) is 429 Å². The van der Waals surface area contributed by atoms with Gasteiger partial charge in [-0.25, -0.2) is 44.3 Å². The number of guanidine groups is 4. The van der Waals surface area contributed by atoms with E-state index in [1.54, 1.807) is 113 Å². The van der Waals surface area contributed by atoms with E-state index >= 15 is 0 Å². The molecule has 2 aromatic carbocycles. The van der Waals surface area contributed by atoms with Crippen molar-refractivity contribution in [1.29, 1.82) is 21.0 Å². The quantitative estimate of drug-likeness (QED) is 0.0833. The molecular weight excluding hydrogens is 1710 g/mol. The highest BCUT2D eigenvalue weighted by Crippen LogP contribution is 2.54. The lowest BCUT2D eigenvalue weighted by Crippen LogP contribution is -2.54. The fourth-order valence-corrected chi connectivity index (χ4v) is 22.2. The molecule has 8 N–H and O–H groups in total. The third-order valence-corrected chi connectivity index (χ3v) is 29.1. The number of thiophene rings is 4. The smallest absolute Gasteiger partial charge is 0.236 e. The maximum Gasteiger partial charge on any atom is 0.236 e. The number of fused-ring (bicyclic) bond motifs is 4. The molecule has 36 heteroatoms. The van der Waals surface area contributed by atoms with Crippen molar-refractivity contribution >= 4 is 116 Å². The van der Waals surface area contributed by atoms with Gasteiger partial charge in [0, 0.05) is 128 Å². The number of amides is 4. The molecule has 12 aromatic rings. The van der Waals surface area contributed by atoms with Crippen LogP contribution < -0.4 is 47.3 Å². The Labute approximate surface area is 757 Å². The van der Waals surface area contributed by atoms with Crippen molar-refractivity contribution in [2.45, 2.75) is 36.0 Å². The molecule has 8 aliphatic rings. The van der Waals surface area contributed by atoms with Gasteiger partial charge in [0.15, 0.2) is 35.4 Å². The Morgan fingerprint density at radius 2 is 0.767 bits per heavy atom. The van der Waals surface area contributed by atoms with Gasteiger partial charge in [0.25, 0.3) is 0 Å². The largest absolute Gasteiger partial charge is 0.493 e. The molecule has 0 spiro atoms. The van der Waals surface area contributed by atoms with Crippen LogP contribution in [-0.2, 0) is 41.3 Å². The Balaban J connectivity index is 0.000000121. The number of benzene rings is 2. The summed E-state index contributed by atoms with van der Waals surface area (Å²) in [5.74, 6) is 2.02. The van der Waals surface area contributed by atoms with Gasteiger partial charge in [0.05, 0.1) is 97.5 Å². The molecule has 4 saturated heterocycles. The lowest BCUT2D eigenvalue weighted by Gasteiger charge is -2.36. The molecule has 18 heterocycles. The number of pyridine rings is 6. The second-order valence-corrected chi connectivity index (χ2v) is 36.1. The van der Waals surface area contributed by atoms with Crippen molar-refractivity contribution in [2.24, 2.45) is 66.6 Å². The molecule has 0 saturated carbocycles. The number of carbonyl (C=O) groups is 4. The Morgan fingerprint density at radius 3 is 1.15 bits per heavy atom. The Hall–Kier alpha value is -15.2. The molecule has 4 fully saturated rings. The zero-order valence-corrected chi connectivity index (χ0v) is 74.1. The molecule has 8 atom stereocenters. The summed E-state index contributed by atoms with van der Waals surface area (Å²) in [4.78, 5) is 116. The number of nitriles is 4. The number of methoxy groups -OCH3 is 1. The summed E-state index contributed by atoms with van der Waals surface area (Å²) in [5, 5.41) is 45.0. The van der Waals surface area contributed by atoms with Crippen LogP contribution in [0.2, 0.25) is 0 Å². The number of hydrogen-bond acceptors (Lipinski definition) is 31. The first-order chi connectivity index (χ1) is 62.2. The van der Waals surface area contributed by atoms with Gasteiger partial charge in [0.1, 0.15) is 57.6 Å². The summed E-state index contributed by atoms with van der Waals surface area (Å²) in [6, 6.07) is 50.0. The first-order valence-corrected chi connectivity index (χ1v) is 44.3. The van der Waals surface area contributed by atoms with Gasteiger partial charge in [-0.15, -0.1) is 45.3 Å². The molecule has 20 rings (SSSR count). The van der Waals surface area contributed by atoms with Gasteiger partial charge in [-0.1, -0.05) is 30.3 Å². The lowest BCUT2D eigenvalue weighted by atomic mass is 9.83. The molecule has 10 aromatic heterocycles. The van der Waals surface area contributed by atoms with E-state index < -0.39 is 39.8 Å². The van der Waals surface area contributed by atoms with Crippen molar-refractivity contribution in [3.05, 3.63) is 263 Å². The number of aromatic nitrogens is 6. The fourth-order valence-electron chi connectivity index (χ4n) is 17.7. The SMILES string of the molecule is CN1C(=O)C2CN(c3ccc(F)cn3)C[C@]2(c2cc(-c3cncc(C#N)c3)cs2)N=C1N.COc1cccnc1N1CC2C(=O)N(C)C(N)=N[C@@]2(c2cc(-c3cncc(C#N)c3)cs2)C1.Cc1ccc(N2CC3C(=O)N(C)C(N)=N[C@@]3(c3cc(-c4cccc(C#N)c4)cs3)C2)nc1.Cc1ccnc(N2CC3C(=O)N(C)C(N)=N[C@@]3(c3cc(-c4cccc(C#N)c4)cs3)C2)c1. The Bertz CT molecular complexity index is 6560. The van der Waals surface area contributed by atoms with E-state index in [9.17, 15) is 44.6 Å². The summed E-state index contributed by atoms with van der Waals surface area (Å²) in [6.45, 7) is 7.75. The molecule has 8 aliphatic heterocycles. The van der Waals surface area contributed by atoms with Crippen LogP contribution in [0.3, 0.4) is 0 Å².